The zero-order valence-corrected chi connectivity index (χ0v) is 12.2. The largest absolute Gasteiger partial charge is 0.451 e. The van der Waals surface area contributed by atoms with E-state index in [1.54, 1.807) is 4.90 Å². The fourth-order valence-corrected chi connectivity index (χ4v) is 1.78. The molecule has 116 valence electrons. The first-order valence-electron chi connectivity index (χ1n) is 6.53. The molecule has 1 rings (SSSR count). The van der Waals surface area contributed by atoms with E-state index in [1.165, 1.54) is 13.1 Å². The van der Waals surface area contributed by atoms with E-state index >= 15 is 0 Å². The van der Waals surface area contributed by atoms with Gasteiger partial charge in [0.2, 0.25) is 5.82 Å². The number of nitrogens with zero attached hydrogens (tertiary/aromatic N) is 4. The van der Waals surface area contributed by atoms with Crippen LogP contribution < -0.4 is 10.2 Å². The van der Waals surface area contributed by atoms with Crippen LogP contribution in [-0.4, -0.2) is 30.1 Å². The molecule has 0 atom stereocenters. The minimum absolute atomic E-state index is 0.0954. The van der Waals surface area contributed by atoms with Crippen molar-refractivity contribution in [2.75, 3.05) is 30.4 Å². The number of nitrogens with one attached hydrogen (secondary N) is 1. The highest BCUT2D eigenvalue weighted by atomic mass is 19.4. The maximum absolute atomic E-state index is 12.8. The van der Waals surface area contributed by atoms with E-state index in [0.717, 1.165) is 0 Å². The Hall–Kier alpha value is -2.04. The predicted octanol–water partition coefficient (Wildman–Crippen LogP) is 2.91. The summed E-state index contributed by atoms with van der Waals surface area (Å²) in [6.45, 7) is 4.74. The van der Waals surface area contributed by atoms with Crippen molar-refractivity contribution in [2.45, 2.75) is 26.4 Å². The quantitative estimate of drug-likeness (QED) is 0.875. The molecule has 0 aliphatic heterocycles. The van der Waals surface area contributed by atoms with E-state index in [1.807, 2.05) is 19.9 Å². The van der Waals surface area contributed by atoms with Gasteiger partial charge in [0.15, 0.2) is 0 Å². The summed E-state index contributed by atoms with van der Waals surface area (Å²) in [6.07, 6.45) is -4.40. The van der Waals surface area contributed by atoms with Gasteiger partial charge in [-0.05, 0) is 5.92 Å². The Bertz CT molecular complexity index is 508. The second-order valence-corrected chi connectivity index (χ2v) is 4.93. The first-order valence-corrected chi connectivity index (χ1v) is 6.53. The van der Waals surface area contributed by atoms with Crippen LogP contribution in [0, 0.1) is 17.2 Å². The zero-order chi connectivity index (χ0) is 16.0. The Kier molecular flexibility index (Phi) is 5.76. The van der Waals surface area contributed by atoms with Crippen LogP contribution in [0.15, 0.2) is 6.07 Å². The van der Waals surface area contributed by atoms with Gasteiger partial charge >= 0.3 is 6.18 Å². The average molecular weight is 301 g/mol. The van der Waals surface area contributed by atoms with Gasteiger partial charge < -0.3 is 10.2 Å². The topological polar surface area (TPSA) is 64.8 Å². The molecule has 21 heavy (non-hydrogen) atoms. The van der Waals surface area contributed by atoms with Gasteiger partial charge in [0.1, 0.15) is 11.6 Å². The van der Waals surface area contributed by atoms with Gasteiger partial charge in [-0.1, -0.05) is 13.8 Å². The fourth-order valence-electron chi connectivity index (χ4n) is 1.78. The number of rotatable bonds is 6. The highest BCUT2D eigenvalue weighted by Crippen LogP contribution is 2.29. The standard InChI is InChI=1S/C13H18F3N5/c1-9(2)8-21(6-4-5-17)11-7-10(18-3)19-12(20-11)13(14,15)16/h7,9H,4,6,8H2,1-3H3,(H,18,19,20). The SMILES string of the molecule is CNc1cc(N(CCC#N)CC(C)C)nc(C(F)(F)F)n1. The van der Waals surface area contributed by atoms with Crippen LogP contribution in [0.2, 0.25) is 0 Å². The normalized spacial score (nSPS) is 11.3. The predicted molar refractivity (Wildman–Crippen MR) is 73.9 cm³/mol. The molecular weight excluding hydrogens is 283 g/mol. The molecule has 0 aliphatic rings. The third kappa shape index (κ3) is 5.10. The molecule has 0 amide bonds. The van der Waals surface area contributed by atoms with Crippen LogP contribution >= 0.6 is 0 Å². The second-order valence-electron chi connectivity index (χ2n) is 4.93. The van der Waals surface area contributed by atoms with Crippen LogP contribution in [-0.2, 0) is 6.18 Å². The maximum atomic E-state index is 12.8. The summed E-state index contributed by atoms with van der Waals surface area (Å²) in [4.78, 5) is 8.70. The van der Waals surface area contributed by atoms with Crippen LogP contribution in [0.3, 0.4) is 0 Å². The van der Waals surface area contributed by atoms with Crippen molar-refractivity contribution in [1.29, 1.82) is 5.26 Å². The Labute approximate surface area is 121 Å². The third-order valence-electron chi connectivity index (χ3n) is 2.63. The number of halogens is 3. The summed E-state index contributed by atoms with van der Waals surface area (Å²) in [5, 5.41) is 11.3. The van der Waals surface area contributed by atoms with Crippen molar-refractivity contribution in [3.05, 3.63) is 11.9 Å². The number of anilines is 2. The third-order valence-corrected chi connectivity index (χ3v) is 2.63. The Balaban J connectivity index is 3.19. The highest BCUT2D eigenvalue weighted by Gasteiger charge is 2.35. The highest BCUT2D eigenvalue weighted by molar-refractivity contribution is 5.49. The molecular formula is C13H18F3N5. The van der Waals surface area contributed by atoms with Gasteiger partial charge in [-0.15, -0.1) is 0 Å². The minimum Gasteiger partial charge on any atom is -0.373 e. The minimum atomic E-state index is -4.61. The molecule has 1 heterocycles. The smallest absolute Gasteiger partial charge is 0.373 e. The molecule has 0 bridgehead atoms. The van der Waals surface area contributed by atoms with E-state index in [-0.39, 0.29) is 24.0 Å². The van der Waals surface area contributed by atoms with E-state index in [0.29, 0.717) is 13.1 Å². The summed E-state index contributed by atoms with van der Waals surface area (Å²) >= 11 is 0. The molecule has 0 saturated carbocycles. The summed E-state index contributed by atoms with van der Waals surface area (Å²) < 4.78 is 38.5. The number of hydrogen-bond acceptors (Lipinski definition) is 5. The van der Waals surface area contributed by atoms with Crippen molar-refractivity contribution < 1.29 is 13.2 Å². The van der Waals surface area contributed by atoms with Crippen LogP contribution in [0.1, 0.15) is 26.1 Å². The molecule has 0 fully saturated rings. The second kappa shape index (κ2) is 7.11. The van der Waals surface area contributed by atoms with E-state index in [4.69, 9.17) is 5.26 Å². The Morgan fingerprint density at radius 3 is 2.52 bits per heavy atom. The van der Waals surface area contributed by atoms with Crippen molar-refractivity contribution >= 4 is 11.6 Å². The summed E-state index contributed by atoms with van der Waals surface area (Å²) in [5.41, 5.74) is 0. The molecule has 0 aromatic carbocycles. The van der Waals surface area contributed by atoms with Crippen molar-refractivity contribution in [2.24, 2.45) is 5.92 Å². The lowest BCUT2D eigenvalue weighted by molar-refractivity contribution is -0.144. The first-order chi connectivity index (χ1) is 9.77. The van der Waals surface area contributed by atoms with Gasteiger partial charge in [-0.25, -0.2) is 9.97 Å². The molecule has 0 aliphatic carbocycles. The molecule has 1 N–H and O–H groups in total. The molecule has 0 radical (unpaired) electrons. The average Bonchev–Trinajstić information content (AvgIpc) is 2.41. The molecule has 5 nitrogen and oxygen atoms in total. The lowest BCUT2D eigenvalue weighted by Gasteiger charge is -2.25. The number of alkyl halides is 3. The first kappa shape index (κ1) is 17.0. The maximum Gasteiger partial charge on any atom is 0.451 e. The van der Waals surface area contributed by atoms with Crippen LogP contribution in [0.25, 0.3) is 0 Å². The molecule has 0 unspecified atom stereocenters. The van der Waals surface area contributed by atoms with Crippen molar-refractivity contribution in [3.63, 3.8) is 0 Å². The van der Waals surface area contributed by atoms with Gasteiger partial charge in [0, 0.05) is 26.2 Å². The molecule has 8 heteroatoms. The molecule has 1 aromatic heterocycles. The van der Waals surface area contributed by atoms with Gasteiger partial charge in [0.05, 0.1) is 12.5 Å². The number of hydrogen-bond donors (Lipinski definition) is 1. The lowest BCUT2D eigenvalue weighted by atomic mass is 10.2. The van der Waals surface area contributed by atoms with E-state index in [9.17, 15) is 13.2 Å². The van der Waals surface area contributed by atoms with Gasteiger partial charge in [-0.2, -0.15) is 18.4 Å². The van der Waals surface area contributed by atoms with Crippen molar-refractivity contribution in [1.82, 2.24) is 9.97 Å². The van der Waals surface area contributed by atoms with Crippen molar-refractivity contribution in [3.8, 4) is 6.07 Å². The van der Waals surface area contributed by atoms with Crippen LogP contribution in [0.5, 0.6) is 0 Å². The Morgan fingerprint density at radius 1 is 1.38 bits per heavy atom. The Morgan fingerprint density at radius 2 is 2.05 bits per heavy atom. The van der Waals surface area contributed by atoms with E-state index in [2.05, 4.69) is 15.3 Å². The van der Waals surface area contributed by atoms with E-state index < -0.39 is 12.0 Å². The molecule has 1 aromatic rings. The lowest BCUT2D eigenvalue weighted by Crippen LogP contribution is -2.30. The van der Waals surface area contributed by atoms with Gasteiger partial charge in [0.25, 0.3) is 0 Å². The zero-order valence-electron chi connectivity index (χ0n) is 12.2. The van der Waals surface area contributed by atoms with Crippen LogP contribution in [0.4, 0.5) is 24.8 Å². The molecule has 0 saturated heterocycles. The summed E-state index contributed by atoms with van der Waals surface area (Å²) in [7, 11) is 1.49. The fraction of sp³-hybridized carbons (Fsp3) is 0.615. The summed E-state index contributed by atoms with van der Waals surface area (Å²) in [6, 6.07) is 3.45. The van der Waals surface area contributed by atoms with Gasteiger partial charge in [-0.3, -0.25) is 0 Å². The number of aromatic nitrogens is 2. The molecule has 0 spiro atoms. The number of nitriles is 1. The summed E-state index contributed by atoms with van der Waals surface area (Å²) in [5.74, 6) is -0.690. The monoisotopic (exact) mass is 301 g/mol.